The van der Waals surface area contributed by atoms with E-state index in [1.807, 2.05) is 18.3 Å². The van der Waals surface area contributed by atoms with Gasteiger partial charge in [-0.2, -0.15) is 0 Å². The van der Waals surface area contributed by atoms with Crippen molar-refractivity contribution in [3.63, 3.8) is 0 Å². The minimum absolute atomic E-state index is 0.0800. The molecule has 8 rings (SSSR count). The van der Waals surface area contributed by atoms with E-state index in [2.05, 4.69) is 153 Å². The standard InChI is InChI=1S/C43H33N/c1-43(2,3)35-25-33-20-22-36-38(30-14-12-29(13-15-30)28-9-5-4-6-10-28)27-39(37-23-21-34(26-35)41(33)42(36)37)31-16-18-32(19-17-31)40-11-7-8-24-44-40/h4-27H,1-3H3. The van der Waals surface area contributed by atoms with E-state index in [1.165, 1.54) is 71.3 Å². The first-order valence-electron chi connectivity index (χ1n) is 15.4. The molecular weight excluding hydrogens is 530 g/mol. The Hall–Kier alpha value is -5.27. The molecule has 0 fully saturated rings. The molecule has 0 bridgehead atoms. The maximum Gasteiger partial charge on any atom is 0.0701 e. The molecule has 0 amide bonds. The van der Waals surface area contributed by atoms with Gasteiger partial charge >= 0.3 is 0 Å². The van der Waals surface area contributed by atoms with E-state index >= 15 is 0 Å². The molecule has 0 aliphatic carbocycles. The van der Waals surface area contributed by atoms with E-state index in [1.54, 1.807) is 0 Å². The van der Waals surface area contributed by atoms with Crippen molar-refractivity contribution in [2.45, 2.75) is 26.2 Å². The zero-order valence-corrected chi connectivity index (χ0v) is 25.3. The van der Waals surface area contributed by atoms with Gasteiger partial charge in [0.05, 0.1) is 5.69 Å². The largest absolute Gasteiger partial charge is 0.256 e. The van der Waals surface area contributed by atoms with Crippen molar-refractivity contribution < 1.29 is 0 Å². The predicted molar refractivity (Wildman–Crippen MR) is 188 cm³/mol. The van der Waals surface area contributed by atoms with Gasteiger partial charge in [0.1, 0.15) is 0 Å². The summed E-state index contributed by atoms with van der Waals surface area (Å²) in [6, 6.07) is 51.1. The zero-order valence-electron chi connectivity index (χ0n) is 25.3. The summed E-state index contributed by atoms with van der Waals surface area (Å²) in [5.41, 5.74) is 11.0. The Morgan fingerprint density at radius 1 is 0.432 bits per heavy atom. The molecule has 0 saturated carbocycles. The van der Waals surface area contributed by atoms with Gasteiger partial charge in [0.25, 0.3) is 0 Å². The first-order valence-corrected chi connectivity index (χ1v) is 15.4. The van der Waals surface area contributed by atoms with Gasteiger partial charge in [-0.15, -0.1) is 0 Å². The van der Waals surface area contributed by atoms with Crippen LogP contribution in [0.5, 0.6) is 0 Å². The predicted octanol–water partition coefficient (Wildman–Crippen LogP) is 11.9. The van der Waals surface area contributed by atoms with Gasteiger partial charge in [0.15, 0.2) is 0 Å². The maximum atomic E-state index is 4.56. The highest BCUT2D eigenvalue weighted by Crippen LogP contribution is 2.45. The van der Waals surface area contributed by atoms with Crippen molar-refractivity contribution in [2.75, 3.05) is 0 Å². The quantitative estimate of drug-likeness (QED) is 0.194. The van der Waals surface area contributed by atoms with Crippen LogP contribution < -0.4 is 0 Å². The molecule has 1 aromatic heterocycles. The molecule has 44 heavy (non-hydrogen) atoms. The summed E-state index contributed by atoms with van der Waals surface area (Å²) in [6.07, 6.45) is 1.85. The van der Waals surface area contributed by atoms with Crippen molar-refractivity contribution in [2.24, 2.45) is 0 Å². The maximum absolute atomic E-state index is 4.56. The minimum Gasteiger partial charge on any atom is -0.256 e. The van der Waals surface area contributed by atoms with E-state index in [4.69, 9.17) is 0 Å². The second kappa shape index (κ2) is 10.2. The van der Waals surface area contributed by atoms with Crippen LogP contribution in [-0.2, 0) is 5.41 Å². The second-order valence-electron chi connectivity index (χ2n) is 12.9. The van der Waals surface area contributed by atoms with Crippen LogP contribution in [0.3, 0.4) is 0 Å². The smallest absolute Gasteiger partial charge is 0.0701 e. The Bertz CT molecular complexity index is 2100. The van der Waals surface area contributed by atoms with Gasteiger partial charge in [-0.05, 0) is 94.9 Å². The third-order valence-electron chi connectivity index (χ3n) is 9.04. The molecule has 8 aromatic rings. The monoisotopic (exact) mass is 563 g/mol. The van der Waals surface area contributed by atoms with E-state index < -0.39 is 0 Å². The van der Waals surface area contributed by atoms with Crippen molar-refractivity contribution in [1.82, 2.24) is 4.98 Å². The fourth-order valence-electron chi connectivity index (χ4n) is 6.65. The number of aromatic nitrogens is 1. The highest BCUT2D eigenvalue weighted by molar-refractivity contribution is 6.28. The highest BCUT2D eigenvalue weighted by atomic mass is 14.7. The Labute approximate surface area is 258 Å². The van der Waals surface area contributed by atoms with Crippen LogP contribution in [0.15, 0.2) is 146 Å². The van der Waals surface area contributed by atoms with Gasteiger partial charge in [-0.3, -0.25) is 4.98 Å². The Morgan fingerprint density at radius 2 is 0.955 bits per heavy atom. The summed E-state index contributed by atoms with van der Waals surface area (Å²) < 4.78 is 0. The molecule has 1 heterocycles. The van der Waals surface area contributed by atoms with Crippen LogP contribution in [0.25, 0.3) is 77.0 Å². The third kappa shape index (κ3) is 4.44. The lowest BCUT2D eigenvalue weighted by Gasteiger charge is -2.23. The van der Waals surface area contributed by atoms with Crippen molar-refractivity contribution >= 4 is 32.3 Å². The number of hydrogen-bond acceptors (Lipinski definition) is 1. The first-order chi connectivity index (χ1) is 21.4. The molecular formula is C43H33N. The number of nitrogens with zero attached hydrogens (tertiary/aromatic N) is 1. The van der Waals surface area contributed by atoms with E-state index in [9.17, 15) is 0 Å². The van der Waals surface area contributed by atoms with Crippen molar-refractivity contribution in [3.8, 4) is 44.6 Å². The Kier molecular flexibility index (Phi) is 6.10. The summed E-state index contributed by atoms with van der Waals surface area (Å²) in [5, 5.41) is 7.88. The van der Waals surface area contributed by atoms with E-state index in [0.717, 1.165) is 11.3 Å². The summed E-state index contributed by atoms with van der Waals surface area (Å²) in [6.45, 7) is 6.89. The topological polar surface area (TPSA) is 12.9 Å². The lowest BCUT2D eigenvalue weighted by atomic mass is 9.81. The summed E-state index contributed by atoms with van der Waals surface area (Å²) in [5.74, 6) is 0. The summed E-state index contributed by atoms with van der Waals surface area (Å²) in [7, 11) is 0. The van der Waals surface area contributed by atoms with Crippen LogP contribution in [0.2, 0.25) is 0 Å². The first kappa shape index (κ1) is 26.4. The average molecular weight is 564 g/mol. The van der Waals surface area contributed by atoms with Crippen LogP contribution >= 0.6 is 0 Å². The highest BCUT2D eigenvalue weighted by Gasteiger charge is 2.20. The summed E-state index contributed by atoms with van der Waals surface area (Å²) >= 11 is 0. The van der Waals surface area contributed by atoms with Crippen LogP contribution in [0, 0.1) is 0 Å². The van der Waals surface area contributed by atoms with Crippen LogP contribution in [0.4, 0.5) is 0 Å². The Morgan fingerprint density at radius 3 is 1.50 bits per heavy atom. The average Bonchev–Trinajstić information content (AvgIpc) is 3.07. The van der Waals surface area contributed by atoms with E-state index in [0.29, 0.717) is 0 Å². The van der Waals surface area contributed by atoms with Crippen molar-refractivity contribution in [1.29, 1.82) is 0 Å². The molecule has 0 N–H and O–H groups in total. The molecule has 0 saturated heterocycles. The number of hydrogen-bond donors (Lipinski definition) is 0. The number of pyridine rings is 1. The minimum atomic E-state index is 0.0800. The lowest BCUT2D eigenvalue weighted by molar-refractivity contribution is 0.591. The fourth-order valence-corrected chi connectivity index (χ4v) is 6.65. The zero-order chi connectivity index (χ0) is 29.8. The Balaban J connectivity index is 1.37. The van der Waals surface area contributed by atoms with Crippen LogP contribution in [-0.4, -0.2) is 4.98 Å². The molecule has 0 atom stereocenters. The molecule has 0 spiro atoms. The molecule has 0 aliphatic heterocycles. The molecule has 1 heteroatoms. The molecule has 0 unspecified atom stereocenters. The molecule has 1 nitrogen and oxygen atoms in total. The van der Waals surface area contributed by atoms with Crippen molar-refractivity contribution in [3.05, 3.63) is 151 Å². The van der Waals surface area contributed by atoms with Gasteiger partial charge in [0.2, 0.25) is 0 Å². The van der Waals surface area contributed by atoms with Crippen LogP contribution in [0.1, 0.15) is 26.3 Å². The van der Waals surface area contributed by atoms with E-state index in [-0.39, 0.29) is 5.41 Å². The fraction of sp³-hybridized carbons (Fsp3) is 0.0930. The van der Waals surface area contributed by atoms with Gasteiger partial charge in [-0.25, -0.2) is 0 Å². The molecule has 0 aliphatic rings. The lowest BCUT2D eigenvalue weighted by Crippen LogP contribution is -2.10. The molecule has 7 aromatic carbocycles. The SMILES string of the molecule is CC(C)(C)c1cc2ccc3c(-c4ccc(-c5ccccc5)cc4)cc(-c4ccc(-c5ccccn5)cc4)c4ccc(c1)c2c34. The normalized spacial score (nSPS) is 12.0. The number of benzene rings is 7. The molecule has 0 radical (unpaired) electrons. The number of rotatable bonds is 4. The summed E-state index contributed by atoms with van der Waals surface area (Å²) in [4.78, 5) is 4.56. The third-order valence-corrected chi connectivity index (χ3v) is 9.04. The van der Waals surface area contributed by atoms with Gasteiger partial charge in [-0.1, -0.05) is 142 Å². The molecule has 210 valence electrons. The van der Waals surface area contributed by atoms with Gasteiger partial charge < -0.3 is 0 Å². The van der Waals surface area contributed by atoms with Gasteiger partial charge in [0, 0.05) is 11.8 Å². The second-order valence-corrected chi connectivity index (χ2v) is 12.9.